The van der Waals surface area contributed by atoms with E-state index in [-0.39, 0.29) is 18.4 Å². The first-order chi connectivity index (χ1) is 12.9. The second-order valence-electron chi connectivity index (χ2n) is 7.53. The third-order valence-corrected chi connectivity index (χ3v) is 7.18. The van der Waals surface area contributed by atoms with E-state index in [9.17, 15) is 13.2 Å². The Morgan fingerprint density at radius 1 is 1.11 bits per heavy atom. The lowest BCUT2D eigenvalue weighted by molar-refractivity contribution is -0.120. The highest BCUT2D eigenvalue weighted by atomic mass is 32.2. The number of amides is 1. The SMILES string of the molecule is CN(C)S(=O)(=O)N1CCC[C@H](C(=O)Nc2ccc(OC3CCCC3)cc2)C1. The molecule has 7 nitrogen and oxygen atoms in total. The molecule has 1 saturated carbocycles. The zero-order valence-corrected chi connectivity index (χ0v) is 16.9. The molecule has 150 valence electrons. The van der Waals surface area contributed by atoms with Crippen LogP contribution in [0.4, 0.5) is 5.69 Å². The number of benzene rings is 1. The fourth-order valence-electron chi connectivity index (χ4n) is 3.66. The van der Waals surface area contributed by atoms with Gasteiger partial charge < -0.3 is 10.1 Å². The maximum absolute atomic E-state index is 12.6. The summed E-state index contributed by atoms with van der Waals surface area (Å²) in [4.78, 5) is 12.6. The fourth-order valence-corrected chi connectivity index (χ4v) is 4.85. The molecule has 0 spiro atoms. The van der Waals surface area contributed by atoms with Crippen LogP contribution < -0.4 is 10.1 Å². The Morgan fingerprint density at radius 2 is 1.78 bits per heavy atom. The van der Waals surface area contributed by atoms with Crippen molar-refractivity contribution in [2.24, 2.45) is 5.92 Å². The molecular formula is C19H29N3O4S. The first-order valence-corrected chi connectivity index (χ1v) is 11.0. The van der Waals surface area contributed by atoms with Crippen molar-refractivity contribution in [1.29, 1.82) is 0 Å². The highest BCUT2D eigenvalue weighted by molar-refractivity contribution is 7.86. The van der Waals surface area contributed by atoms with E-state index in [1.54, 1.807) is 0 Å². The average Bonchev–Trinajstić information content (AvgIpc) is 3.16. The van der Waals surface area contributed by atoms with Gasteiger partial charge in [0.25, 0.3) is 10.2 Å². The average molecular weight is 396 g/mol. The van der Waals surface area contributed by atoms with Gasteiger partial charge in [-0.2, -0.15) is 17.0 Å². The number of carbonyl (C=O) groups is 1. The Hall–Kier alpha value is -1.64. The maximum atomic E-state index is 12.6. The summed E-state index contributed by atoms with van der Waals surface area (Å²) in [5.41, 5.74) is 0.700. The first kappa shape index (κ1) is 20.1. The summed E-state index contributed by atoms with van der Waals surface area (Å²) in [7, 11) is -0.470. The number of nitrogens with one attached hydrogen (secondary N) is 1. The molecule has 0 bridgehead atoms. The number of carbonyl (C=O) groups excluding carboxylic acids is 1. The maximum Gasteiger partial charge on any atom is 0.281 e. The number of hydrogen-bond donors (Lipinski definition) is 1. The zero-order chi connectivity index (χ0) is 19.4. The van der Waals surface area contributed by atoms with Crippen molar-refractivity contribution in [2.45, 2.75) is 44.6 Å². The highest BCUT2D eigenvalue weighted by Crippen LogP contribution is 2.26. The molecule has 2 fully saturated rings. The van der Waals surface area contributed by atoms with E-state index in [1.807, 2.05) is 24.3 Å². The monoisotopic (exact) mass is 395 g/mol. The van der Waals surface area contributed by atoms with Gasteiger partial charge in [-0.05, 0) is 62.8 Å². The van der Waals surface area contributed by atoms with Crippen molar-refractivity contribution >= 4 is 21.8 Å². The minimum absolute atomic E-state index is 0.141. The van der Waals surface area contributed by atoms with Crippen molar-refractivity contribution in [3.05, 3.63) is 24.3 Å². The lowest BCUT2D eigenvalue weighted by atomic mass is 9.99. The van der Waals surface area contributed by atoms with Gasteiger partial charge in [0.2, 0.25) is 5.91 Å². The van der Waals surface area contributed by atoms with Gasteiger partial charge in [0.1, 0.15) is 5.75 Å². The van der Waals surface area contributed by atoms with Crippen LogP contribution in [0.15, 0.2) is 24.3 Å². The summed E-state index contributed by atoms with van der Waals surface area (Å²) in [6.45, 7) is 0.673. The Labute approximate surface area is 161 Å². The van der Waals surface area contributed by atoms with Crippen LogP contribution in [0.3, 0.4) is 0 Å². The van der Waals surface area contributed by atoms with Crippen LogP contribution in [-0.2, 0) is 15.0 Å². The van der Waals surface area contributed by atoms with Crippen molar-refractivity contribution in [3.8, 4) is 5.75 Å². The second-order valence-corrected chi connectivity index (χ2v) is 9.67. The van der Waals surface area contributed by atoms with Gasteiger partial charge in [0, 0.05) is 32.9 Å². The predicted octanol–water partition coefficient (Wildman–Crippen LogP) is 2.46. The molecule has 1 aromatic rings. The van der Waals surface area contributed by atoms with Crippen LogP contribution in [0, 0.1) is 5.92 Å². The third kappa shape index (κ3) is 5.00. The predicted molar refractivity (Wildman–Crippen MR) is 105 cm³/mol. The van der Waals surface area contributed by atoms with Crippen LogP contribution >= 0.6 is 0 Å². The van der Waals surface area contributed by atoms with Gasteiger partial charge in [-0.15, -0.1) is 0 Å². The van der Waals surface area contributed by atoms with Gasteiger partial charge in [0.05, 0.1) is 12.0 Å². The van der Waals surface area contributed by atoms with Crippen LogP contribution in [0.1, 0.15) is 38.5 Å². The van der Waals surface area contributed by atoms with Crippen LogP contribution in [0.5, 0.6) is 5.75 Å². The van der Waals surface area contributed by atoms with E-state index in [0.29, 0.717) is 31.2 Å². The minimum atomic E-state index is -3.49. The molecule has 1 atom stereocenters. The molecule has 0 aromatic heterocycles. The van der Waals surface area contributed by atoms with E-state index in [0.717, 1.165) is 18.6 Å². The van der Waals surface area contributed by atoms with E-state index >= 15 is 0 Å². The van der Waals surface area contributed by atoms with E-state index in [2.05, 4.69) is 5.32 Å². The lowest BCUT2D eigenvalue weighted by Crippen LogP contribution is -2.47. The van der Waals surface area contributed by atoms with Gasteiger partial charge in [-0.25, -0.2) is 0 Å². The molecular weight excluding hydrogens is 366 g/mol. The molecule has 3 rings (SSSR count). The summed E-state index contributed by atoms with van der Waals surface area (Å²) in [6, 6.07) is 7.41. The molecule has 1 aromatic carbocycles. The number of rotatable bonds is 6. The van der Waals surface area contributed by atoms with Crippen molar-refractivity contribution in [1.82, 2.24) is 8.61 Å². The standard InChI is InChI=1S/C19H29N3O4S/c1-21(2)27(24,25)22-13-5-6-15(14-22)19(23)20-16-9-11-18(12-10-16)26-17-7-3-4-8-17/h9-12,15,17H,3-8,13-14H2,1-2H3,(H,20,23)/t15-/m0/s1. The topological polar surface area (TPSA) is 79.0 Å². The number of hydrogen-bond acceptors (Lipinski definition) is 4. The fraction of sp³-hybridized carbons (Fsp3) is 0.632. The summed E-state index contributed by atoms with van der Waals surface area (Å²) < 4.78 is 33.1. The van der Waals surface area contributed by atoms with Crippen molar-refractivity contribution in [3.63, 3.8) is 0 Å². The van der Waals surface area contributed by atoms with Gasteiger partial charge >= 0.3 is 0 Å². The van der Waals surface area contributed by atoms with Crippen molar-refractivity contribution in [2.75, 3.05) is 32.5 Å². The van der Waals surface area contributed by atoms with Gasteiger partial charge in [-0.1, -0.05) is 0 Å². The van der Waals surface area contributed by atoms with E-state index in [1.165, 1.54) is 35.5 Å². The first-order valence-electron chi connectivity index (χ1n) is 9.61. The van der Waals surface area contributed by atoms with E-state index < -0.39 is 10.2 Å². The Kier molecular flexibility index (Phi) is 6.39. The zero-order valence-electron chi connectivity index (χ0n) is 16.1. The molecule has 1 heterocycles. The molecule has 1 aliphatic heterocycles. The molecule has 1 N–H and O–H groups in total. The Morgan fingerprint density at radius 3 is 2.41 bits per heavy atom. The quantitative estimate of drug-likeness (QED) is 0.803. The number of ether oxygens (including phenoxy) is 1. The molecule has 0 unspecified atom stereocenters. The van der Waals surface area contributed by atoms with E-state index in [4.69, 9.17) is 4.74 Å². The largest absolute Gasteiger partial charge is 0.490 e. The number of anilines is 1. The lowest BCUT2D eigenvalue weighted by Gasteiger charge is -2.32. The molecule has 0 radical (unpaired) electrons. The van der Waals surface area contributed by atoms with Crippen LogP contribution in [0.2, 0.25) is 0 Å². The number of nitrogens with zero attached hydrogens (tertiary/aromatic N) is 2. The minimum Gasteiger partial charge on any atom is -0.490 e. The molecule has 1 saturated heterocycles. The molecule has 2 aliphatic rings. The van der Waals surface area contributed by atoms with Gasteiger partial charge in [-0.3, -0.25) is 4.79 Å². The summed E-state index contributed by atoms with van der Waals surface area (Å²) in [5.74, 6) is 0.335. The van der Waals surface area contributed by atoms with Gasteiger partial charge in [0.15, 0.2) is 0 Å². The highest BCUT2D eigenvalue weighted by Gasteiger charge is 2.33. The molecule has 27 heavy (non-hydrogen) atoms. The summed E-state index contributed by atoms with van der Waals surface area (Å²) in [6.07, 6.45) is 6.32. The molecule has 1 amide bonds. The summed E-state index contributed by atoms with van der Waals surface area (Å²) in [5, 5.41) is 2.90. The smallest absolute Gasteiger partial charge is 0.281 e. The third-order valence-electron chi connectivity index (χ3n) is 5.27. The second kappa shape index (κ2) is 8.58. The summed E-state index contributed by atoms with van der Waals surface area (Å²) >= 11 is 0. The molecule has 1 aliphatic carbocycles. The molecule has 8 heteroatoms. The van der Waals surface area contributed by atoms with Crippen molar-refractivity contribution < 1.29 is 17.9 Å². The normalized spacial score (nSPS) is 22.1. The number of piperidine rings is 1. The van der Waals surface area contributed by atoms with Crippen LogP contribution in [-0.4, -0.2) is 56.2 Å². The Bertz CT molecular complexity index is 743. The van der Waals surface area contributed by atoms with Crippen LogP contribution in [0.25, 0.3) is 0 Å². The Balaban J connectivity index is 1.56.